The Labute approximate surface area is 48.0 Å². The molecular formula is C5H7FN2. The van der Waals surface area contributed by atoms with E-state index >= 15 is 0 Å². The molecule has 0 saturated carbocycles. The number of halogens is 1. The van der Waals surface area contributed by atoms with Crippen LogP contribution in [0, 0.1) is 12.5 Å². The Hall–Kier alpha value is -0.600. The quantitative estimate of drug-likeness (QED) is 0.486. The number of hydrogen-bond donors (Lipinski definition) is 0. The van der Waals surface area contributed by atoms with Crippen molar-refractivity contribution in [2.24, 2.45) is 11.0 Å². The molecule has 1 aliphatic heterocycles. The molecule has 0 bridgehead atoms. The van der Waals surface area contributed by atoms with Gasteiger partial charge in [-0.05, 0) is 0 Å². The average Bonchev–Trinajstić information content (AvgIpc) is 2.14. The first kappa shape index (κ1) is 5.54. The maximum Gasteiger partial charge on any atom is 0.100 e. The zero-order chi connectivity index (χ0) is 5.98. The molecule has 1 rings (SSSR count). The van der Waals surface area contributed by atoms with Crippen molar-refractivity contribution < 1.29 is 4.39 Å². The van der Waals surface area contributed by atoms with Crippen molar-refractivity contribution >= 4 is 6.21 Å². The van der Waals surface area contributed by atoms with Gasteiger partial charge in [-0.2, -0.15) is 5.10 Å². The summed E-state index contributed by atoms with van der Waals surface area (Å²) in [4.78, 5) is 0. The normalized spacial score (nSPS) is 27.2. The topological polar surface area (TPSA) is 15.6 Å². The van der Waals surface area contributed by atoms with Gasteiger partial charge in [-0.1, -0.05) is 0 Å². The number of rotatable bonds is 1. The molecular weight excluding hydrogens is 107 g/mol. The fraction of sp³-hybridized carbons (Fsp3) is 0.600. The van der Waals surface area contributed by atoms with Gasteiger partial charge in [0.2, 0.25) is 0 Å². The highest BCUT2D eigenvalue weighted by Gasteiger charge is 2.14. The molecule has 2 radical (unpaired) electrons. The SMILES string of the molecule is CN1[CH]C(CF)[C]=N1. The molecule has 0 aliphatic carbocycles. The highest BCUT2D eigenvalue weighted by Crippen LogP contribution is 2.09. The van der Waals surface area contributed by atoms with Crippen molar-refractivity contribution in [3.63, 3.8) is 0 Å². The second-order valence-electron chi connectivity index (χ2n) is 1.71. The lowest BCUT2D eigenvalue weighted by atomic mass is 10.2. The number of hydrazone groups is 1. The fourth-order valence-corrected chi connectivity index (χ4v) is 0.567. The van der Waals surface area contributed by atoms with Crippen LogP contribution in [0.25, 0.3) is 0 Å². The summed E-state index contributed by atoms with van der Waals surface area (Å²) in [6.07, 6.45) is 2.58. The van der Waals surface area contributed by atoms with Gasteiger partial charge in [0.1, 0.15) is 6.67 Å². The highest BCUT2D eigenvalue weighted by atomic mass is 19.1. The maximum absolute atomic E-state index is 11.7. The van der Waals surface area contributed by atoms with Crippen LogP contribution in [0.3, 0.4) is 0 Å². The van der Waals surface area contributed by atoms with Crippen LogP contribution in [-0.4, -0.2) is 24.9 Å². The van der Waals surface area contributed by atoms with Gasteiger partial charge in [-0.3, -0.25) is 9.40 Å². The molecule has 1 heterocycles. The lowest BCUT2D eigenvalue weighted by molar-refractivity contribution is 0.387. The molecule has 0 aromatic heterocycles. The van der Waals surface area contributed by atoms with Crippen molar-refractivity contribution in [1.82, 2.24) is 5.01 Å². The summed E-state index contributed by atoms with van der Waals surface area (Å²) < 4.78 is 11.7. The van der Waals surface area contributed by atoms with Gasteiger partial charge in [0.15, 0.2) is 0 Å². The number of alkyl halides is 1. The minimum absolute atomic E-state index is 0.208. The predicted molar refractivity (Wildman–Crippen MR) is 29.0 cm³/mol. The highest BCUT2D eigenvalue weighted by molar-refractivity contribution is 5.64. The van der Waals surface area contributed by atoms with Gasteiger partial charge in [-0.15, -0.1) is 0 Å². The molecule has 1 unspecified atom stereocenters. The summed E-state index contributed by atoms with van der Waals surface area (Å²) in [6, 6.07) is 0. The fourth-order valence-electron chi connectivity index (χ4n) is 0.567. The second kappa shape index (κ2) is 2.11. The molecule has 0 N–H and O–H groups in total. The predicted octanol–water partition coefficient (Wildman–Crippen LogP) is 0.542. The lowest BCUT2D eigenvalue weighted by Crippen LogP contribution is -2.07. The van der Waals surface area contributed by atoms with Gasteiger partial charge in [-0.25, -0.2) is 0 Å². The van der Waals surface area contributed by atoms with Gasteiger partial charge < -0.3 is 0 Å². The van der Waals surface area contributed by atoms with Crippen LogP contribution < -0.4 is 0 Å². The number of nitrogens with zero attached hydrogens (tertiary/aromatic N) is 2. The lowest BCUT2D eigenvalue weighted by Gasteiger charge is -2.03. The molecule has 44 valence electrons. The van der Waals surface area contributed by atoms with E-state index in [-0.39, 0.29) is 5.92 Å². The van der Waals surface area contributed by atoms with E-state index in [1.807, 2.05) is 0 Å². The van der Waals surface area contributed by atoms with Gasteiger partial charge in [0.25, 0.3) is 0 Å². The van der Waals surface area contributed by atoms with Crippen molar-refractivity contribution in [3.8, 4) is 0 Å². The summed E-state index contributed by atoms with van der Waals surface area (Å²) in [5.74, 6) is -0.208. The first-order valence-electron chi connectivity index (χ1n) is 2.43. The third-order valence-electron chi connectivity index (χ3n) is 0.943. The van der Waals surface area contributed by atoms with E-state index < -0.39 is 6.67 Å². The third kappa shape index (κ3) is 0.967. The van der Waals surface area contributed by atoms with E-state index in [9.17, 15) is 4.39 Å². The van der Waals surface area contributed by atoms with Gasteiger partial charge in [0.05, 0.1) is 18.7 Å². The zero-order valence-corrected chi connectivity index (χ0v) is 4.63. The summed E-state index contributed by atoms with van der Waals surface area (Å²) in [6.45, 7) is 1.29. The minimum Gasteiger partial charge on any atom is -0.294 e. The van der Waals surface area contributed by atoms with Crippen LogP contribution >= 0.6 is 0 Å². The van der Waals surface area contributed by atoms with Gasteiger partial charge in [0, 0.05) is 7.05 Å². The molecule has 0 fully saturated rings. The van der Waals surface area contributed by atoms with E-state index in [0.29, 0.717) is 0 Å². The van der Waals surface area contributed by atoms with Crippen molar-refractivity contribution in [3.05, 3.63) is 6.54 Å². The zero-order valence-electron chi connectivity index (χ0n) is 4.63. The van der Waals surface area contributed by atoms with Crippen molar-refractivity contribution in [1.29, 1.82) is 0 Å². The first-order valence-corrected chi connectivity index (χ1v) is 2.43. The van der Waals surface area contributed by atoms with E-state index in [1.165, 1.54) is 0 Å². The molecule has 0 amide bonds. The molecule has 3 heteroatoms. The molecule has 2 nitrogen and oxygen atoms in total. The van der Waals surface area contributed by atoms with Gasteiger partial charge >= 0.3 is 0 Å². The summed E-state index contributed by atoms with van der Waals surface area (Å²) in [5.41, 5.74) is 0. The van der Waals surface area contributed by atoms with E-state index in [1.54, 1.807) is 18.6 Å². The van der Waals surface area contributed by atoms with Crippen molar-refractivity contribution in [2.75, 3.05) is 13.7 Å². The summed E-state index contributed by atoms with van der Waals surface area (Å²) >= 11 is 0. The van der Waals surface area contributed by atoms with Crippen LogP contribution in [0.1, 0.15) is 0 Å². The number of hydrogen-bond acceptors (Lipinski definition) is 2. The van der Waals surface area contributed by atoms with Crippen molar-refractivity contribution in [2.45, 2.75) is 0 Å². The van der Waals surface area contributed by atoms with Crippen LogP contribution in [0.4, 0.5) is 4.39 Å². The monoisotopic (exact) mass is 114 g/mol. The average molecular weight is 114 g/mol. The van der Waals surface area contributed by atoms with E-state index in [4.69, 9.17) is 0 Å². The Morgan fingerprint density at radius 2 is 2.75 bits per heavy atom. The standard InChI is InChI=1S/C5H7FN2/c1-8-4-5(2-6)3-7-8/h4-5H,2H2,1H3. The van der Waals surface area contributed by atoms with Crippen LogP contribution in [0.5, 0.6) is 0 Å². The third-order valence-corrected chi connectivity index (χ3v) is 0.943. The Balaban J connectivity index is 2.34. The molecule has 0 spiro atoms. The van der Waals surface area contributed by atoms with Crippen LogP contribution in [0.15, 0.2) is 5.10 Å². The Morgan fingerprint density at radius 1 is 2.00 bits per heavy atom. The minimum atomic E-state index is -0.395. The molecule has 1 atom stereocenters. The molecule has 8 heavy (non-hydrogen) atoms. The smallest absolute Gasteiger partial charge is 0.100 e. The van der Waals surface area contributed by atoms with E-state index in [2.05, 4.69) is 11.3 Å². The van der Waals surface area contributed by atoms with Crippen LogP contribution in [0.2, 0.25) is 0 Å². The molecule has 1 aliphatic rings. The summed E-state index contributed by atoms with van der Waals surface area (Å²) in [5, 5.41) is 5.24. The Morgan fingerprint density at radius 3 is 3.00 bits per heavy atom. The largest absolute Gasteiger partial charge is 0.294 e. The first-order chi connectivity index (χ1) is 3.83. The maximum atomic E-state index is 11.7. The Kier molecular flexibility index (Phi) is 1.46. The molecule has 0 saturated heterocycles. The molecule has 0 aromatic carbocycles. The second-order valence-corrected chi connectivity index (χ2v) is 1.71. The van der Waals surface area contributed by atoms with Crippen LogP contribution in [-0.2, 0) is 0 Å². The van der Waals surface area contributed by atoms with E-state index in [0.717, 1.165) is 0 Å². The summed E-state index contributed by atoms with van der Waals surface area (Å²) in [7, 11) is 1.75. The molecule has 0 aromatic rings. The Bertz CT molecular complexity index is 103.